The number of nitrogens with zero attached hydrogens (tertiary/aromatic N) is 2. The first-order valence-electron chi connectivity index (χ1n) is 10.2. The number of carbonyl (C=O) groups is 2. The van der Waals surface area contributed by atoms with Gasteiger partial charge in [0, 0.05) is 42.3 Å². The molecule has 0 spiro atoms. The summed E-state index contributed by atoms with van der Waals surface area (Å²) in [6.45, 7) is 9.47. The summed E-state index contributed by atoms with van der Waals surface area (Å²) < 4.78 is 2.06. The first-order valence-corrected chi connectivity index (χ1v) is 10.2. The molecule has 1 amide bonds. The van der Waals surface area contributed by atoms with Crippen molar-refractivity contribution in [1.82, 2.24) is 14.8 Å². The molecule has 0 unspecified atom stereocenters. The van der Waals surface area contributed by atoms with Crippen molar-refractivity contribution in [3.05, 3.63) is 36.0 Å². The number of hydrogen-bond donors (Lipinski definition) is 1. The van der Waals surface area contributed by atoms with Crippen molar-refractivity contribution in [1.29, 1.82) is 0 Å². The van der Waals surface area contributed by atoms with Crippen LogP contribution >= 0.6 is 0 Å². The largest absolute Gasteiger partial charge is 0.346 e. The Labute approximate surface area is 161 Å². The highest BCUT2D eigenvalue weighted by Crippen LogP contribution is 2.25. The zero-order valence-electron chi connectivity index (χ0n) is 16.7. The summed E-state index contributed by atoms with van der Waals surface area (Å²) >= 11 is 0. The first kappa shape index (κ1) is 19.6. The summed E-state index contributed by atoms with van der Waals surface area (Å²) in [5.74, 6) is -0.910. The zero-order valence-corrected chi connectivity index (χ0v) is 16.7. The van der Waals surface area contributed by atoms with Gasteiger partial charge in [-0.3, -0.25) is 9.59 Å². The van der Waals surface area contributed by atoms with Gasteiger partial charge in [0.25, 0.3) is 11.7 Å². The van der Waals surface area contributed by atoms with Crippen LogP contribution in [0.5, 0.6) is 0 Å². The Hall–Kier alpha value is -2.14. The Bertz CT molecular complexity index is 801. The van der Waals surface area contributed by atoms with E-state index in [0.717, 1.165) is 43.4 Å². The lowest BCUT2D eigenvalue weighted by Gasteiger charge is -2.32. The monoisotopic (exact) mass is 369 g/mol. The van der Waals surface area contributed by atoms with Crippen LogP contribution in [0.25, 0.3) is 10.9 Å². The van der Waals surface area contributed by atoms with Crippen molar-refractivity contribution in [3.63, 3.8) is 0 Å². The Balaban J connectivity index is 1.67. The third kappa shape index (κ3) is 4.41. The van der Waals surface area contributed by atoms with Crippen LogP contribution in [0.1, 0.15) is 62.9 Å². The van der Waals surface area contributed by atoms with Gasteiger partial charge in [0.15, 0.2) is 0 Å². The first-order chi connectivity index (χ1) is 13.0. The molecule has 0 bridgehead atoms. The molecule has 2 aromatic rings. The molecule has 27 heavy (non-hydrogen) atoms. The fraction of sp³-hybridized carbons (Fsp3) is 0.545. The van der Waals surface area contributed by atoms with Crippen LogP contribution in [0.15, 0.2) is 30.5 Å². The van der Waals surface area contributed by atoms with Crippen LogP contribution < -0.4 is 5.32 Å². The highest BCUT2D eigenvalue weighted by atomic mass is 16.2. The van der Waals surface area contributed by atoms with E-state index in [1.54, 1.807) is 0 Å². The topological polar surface area (TPSA) is 54.3 Å². The number of rotatable bonds is 7. The Morgan fingerprint density at radius 2 is 1.89 bits per heavy atom. The van der Waals surface area contributed by atoms with E-state index in [1.165, 1.54) is 12.8 Å². The summed E-state index contributed by atoms with van der Waals surface area (Å²) in [7, 11) is 0. The van der Waals surface area contributed by atoms with E-state index >= 15 is 0 Å². The highest BCUT2D eigenvalue weighted by molar-refractivity contribution is 6.45. The molecule has 0 radical (unpaired) electrons. The Morgan fingerprint density at radius 1 is 1.19 bits per heavy atom. The molecule has 1 saturated heterocycles. The normalized spacial score (nSPS) is 16.1. The maximum absolute atomic E-state index is 12.8. The predicted molar refractivity (Wildman–Crippen MR) is 109 cm³/mol. The fourth-order valence-corrected chi connectivity index (χ4v) is 3.87. The number of aromatic nitrogens is 1. The molecule has 1 aliphatic heterocycles. The van der Waals surface area contributed by atoms with Crippen LogP contribution in [-0.4, -0.2) is 46.8 Å². The number of hydrogen-bond acceptors (Lipinski definition) is 3. The summed E-state index contributed by atoms with van der Waals surface area (Å²) in [5.41, 5.74) is 1.49. The maximum atomic E-state index is 12.8. The van der Waals surface area contributed by atoms with Gasteiger partial charge >= 0.3 is 0 Å². The third-order valence-corrected chi connectivity index (χ3v) is 5.50. The summed E-state index contributed by atoms with van der Waals surface area (Å²) in [5, 5.41) is 3.82. The number of nitrogens with one attached hydrogen (secondary N) is 1. The number of amides is 1. The van der Waals surface area contributed by atoms with Crippen LogP contribution in [0.3, 0.4) is 0 Å². The van der Waals surface area contributed by atoms with Crippen molar-refractivity contribution in [2.24, 2.45) is 0 Å². The van der Waals surface area contributed by atoms with Crippen molar-refractivity contribution in [3.8, 4) is 0 Å². The van der Waals surface area contributed by atoms with Crippen molar-refractivity contribution < 1.29 is 9.59 Å². The molecular formula is C22H31N3O2. The van der Waals surface area contributed by atoms with E-state index in [-0.39, 0.29) is 12.1 Å². The predicted octanol–water partition coefficient (Wildman–Crippen LogP) is 3.79. The molecule has 1 aromatic heterocycles. The lowest BCUT2D eigenvalue weighted by molar-refractivity contribution is -0.117. The van der Waals surface area contributed by atoms with Gasteiger partial charge < -0.3 is 14.8 Å². The van der Waals surface area contributed by atoms with Crippen LogP contribution in [0, 0.1) is 0 Å². The van der Waals surface area contributed by atoms with Gasteiger partial charge in [-0.25, -0.2) is 0 Å². The molecule has 0 atom stereocenters. The Kier molecular flexibility index (Phi) is 6.32. The summed E-state index contributed by atoms with van der Waals surface area (Å²) in [6.07, 6.45) is 6.07. The molecular weight excluding hydrogens is 338 g/mol. The maximum Gasteiger partial charge on any atom is 0.292 e. The van der Waals surface area contributed by atoms with Crippen LogP contribution in [0.4, 0.5) is 0 Å². The number of carbonyl (C=O) groups excluding carboxylic acids is 2. The van der Waals surface area contributed by atoms with Gasteiger partial charge in [0.2, 0.25) is 0 Å². The number of piperidine rings is 1. The lowest BCUT2D eigenvalue weighted by Crippen LogP contribution is -2.46. The SMILES string of the molecule is CCCCN1CCC(NC(=O)C(=O)c2cn(C(C)C)c3ccccc23)CC1. The molecule has 0 saturated carbocycles. The second kappa shape index (κ2) is 8.70. The van der Waals surface area contributed by atoms with Crippen LogP contribution in [0.2, 0.25) is 0 Å². The van der Waals surface area contributed by atoms with Gasteiger partial charge in [0.1, 0.15) is 0 Å². The number of ketones is 1. The van der Waals surface area contributed by atoms with E-state index < -0.39 is 11.7 Å². The van der Waals surface area contributed by atoms with E-state index in [9.17, 15) is 9.59 Å². The minimum absolute atomic E-state index is 0.0952. The molecule has 1 N–H and O–H groups in total. The average Bonchev–Trinajstić information content (AvgIpc) is 3.07. The molecule has 146 valence electrons. The smallest absolute Gasteiger partial charge is 0.292 e. The average molecular weight is 370 g/mol. The minimum Gasteiger partial charge on any atom is -0.346 e. The molecule has 1 aromatic carbocycles. The quantitative estimate of drug-likeness (QED) is 0.597. The van der Waals surface area contributed by atoms with Gasteiger partial charge in [-0.2, -0.15) is 0 Å². The number of unbranched alkanes of at least 4 members (excludes halogenated alkanes) is 1. The van der Waals surface area contributed by atoms with Crippen LogP contribution in [-0.2, 0) is 4.79 Å². The van der Waals surface area contributed by atoms with Gasteiger partial charge in [0.05, 0.1) is 5.56 Å². The number of likely N-dealkylation sites (tertiary alicyclic amines) is 1. The Morgan fingerprint density at radius 3 is 2.56 bits per heavy atom. The van der Waals surface area contributed by atoms with Gasteiger partial charge in [-0.15, -0.1) is 0 Å². The number of para-hydroxylation sites is 1. The number of Topliss-reactive ketones (excluding diaryl/α,β-unsaturated/α-hetero) is 1. The van der Waals surface area contributed by atoms with E-state index in [4.69, 9.17) is 0 Å². The molecule has 3 rings (SSSR count). The lowest BCUT2D eigenvalue weighted by atomic mass is 10.0. The summed E-state index contributed by atoms with van der Waals surface area (Å²) in [4.78, 5) is 27.9. The summed E-state index contributed by atoms with van der Waals surface area (Å²) in [6, 6.07) is 8.11. The van der Waals surface area contributed by atoms with Crippen molar-refractivity contribution in [2.75, 3.05) is 19.6 Å². The molecule has 0 aliphatic carbocycles. The molecule has 1 fully saturated rings. The van der Waals surface area contributed by atoms with E-state index in [2.05, 4.69) is 35.6 Å². The van der Waals surface area contributed by atoms with Crippen molar-refractivity contribution in [2.45, 2.75) is 58.5 Å². The highest BCUT2D eigenvalue weighted by Gasteiger charge is 2.26. The third-order valence-electron chi connectivity index (χ3n) is 5.50. The van der Waals surface area contributed by atoms with Crippen molar-refractivity contribution >= 4 is 22.6 Å². The van der Waals surface area contributed by atoms with E-state index in [1.807, 2.05) is 30.5 Å². The molecule has 1 aliphatic rings. The zero-order chi connectivity index (χ0) is 19.4. The number of benzene rings is 1. The van der Waals surface area contributed by atoms with Gasteiger partial charge in [-0.1, -0.05) is 31.5 Å². The molecule has 5 nitrogen and oxygen atoms in total. The second-order valence-corrected chi connectivity index (χ2v) is 7.83. The second-order valence-electron chi connectivity index (χ2n) is 7.83. The van der Waals surface area contributed by atoms with E-state index in [0.29, 0.717) is 5.56 Å². The van der Waals surface area contributed by atoms with Gasteiger partial charge in [-0.05, 0) is 45.7 Å². The molecule has 2 heterocycles. The minimum atomic E-state index is -0.478. The standard InChI is InChI=1S/C22H31N3O2/c1-4-5-12-24-13-10-17(11-14-24)23-22(27)21(26)19-15-25(16(2)3)20-9-7-6-8-18(19)20/h6-9,15-17H,4-5,10-14H2,1-3H3,(H,23,27). The molecule has 5 heteroatoms. The fourth-order valence-electron chi connectivity index (χ4n) is 3.87. The number of fused-ring (bicyclic) bond motifs is 1.